The van der Waals surface area contributed by atoms with Gasteiger partial charge in [0.1, 0.15) is 5.82 Å². The summed E-state index contributed by atoms with van der Waals surface area (Å²) >= 11 is 1.52. The van der Waals surface area contributed by atoms with Crippen molar-refractivity contribution in [3.8, 4) is 0 Å². The first kappa shape index (κ1) is 15.0. The minimum atomic E-state index is -1.23. The first-order chi connectivity index (χ1) is 9.97. The summed E-state index contributed by atoms with van der Waals surface area (Å²) in [7, 11) is 0. The molecule has 1 aromatic carbocycles. The third kappa shape index (κ3) is 3.79. The molecule has 0 bridgehead atoms. The van der Waals surface area contributed by atoms with Gasteiger partial charge in [-0.05, 0) is 47.5 Å². The maximum Gasteiger partial charge on any atom is 0.335 e. The van der Waals surface area contributed by atoms with Crippen molar-refractivity contribution in [3.63, 3.8) is 0 Å². The third-order valence-corrected chi connectivity index (χ3v) is 3.56. The molecule has 1 atom stereocenters. The van der Waals surface area contributed by atoms with Gasteiger partial charge >= 0.3 is 12.0 Å². The minimum absolute atomic E-state index is 0.0741. The number of benzene rings is 1. The van der Waals surface area contributed by atoms with Crippen molar-refractivity contribution in [2.45, 2.75) is 13.0 Å². The van der Waals surface area contributed by atoms with Crippen LogP contribution in [0.5, 0.6) is 0 Å². The van der Waals surface area contributed by atoms with E-state index in [-0.39, 0.29) is 17.3 Å². The van der Waals surface area contributed by atoms with Gasteiger partial charge < -0.3 is 15.7 Å². The highest BCUT2D eigenvalue weighted by Gasteiger charge is 2.13. The van der Waals surface area contributed by atoms with Crippen molar-refractivity contribution in [1.82, 2.24) is 5.32 Å². The van der Waals surface area contributed by atoms with Crippen LogP contribution in [0.15, 0.2) is 35.0 Å². The summed E-state index contributed by atoms with van der Waals surface area (Å²) in [6.07, 6.45) is 0. The number of carbonyl (C=O) groups is 2. The Bertz CT molecular complexity index is 658. The van der Waals surface area contributed by atoms with Crippen molar-refractivity contribution in [2.24, 2.45) is 0 Å². The second-order valence-corrected chi connectivity index (χ2v) is 5.16. The lowest BCUT2D eigenvalue weighted by atomic mass is 10.2. The third-order valence-electron chi connectivity index (χ3n) is 2.86. The van der Waals surface area contributed by atoms with E-state index in [1.807, 2.05) is 23.8 Å². The van der Waals surface area contributed by atoms with Gasteiger partial charge in [-0.2, -0.15) is 11.3 Å². The van der Waals surface area contributed by atoms with Gasteiger partial charge in [0, 0.05) is 0 Å². The Balaban J connectivity index is 2.01. The van der Waals surface area contributed by atoms with Crippen LogP contribution >= 0.6 is 11.3 Å². The van der Waals surface area contributed by atoms with Crippen LogP contribution in [0.4, 0.5) is 14.9 Å². The number of nitrogens with one attached hydrogen (secondary N) is 2. The van der Waals surface area contributed by atoms with Crippen LogP contribution < -0.4 is 10.6 Å². The Morgan fingerprint density at radius 2 is 2.10 bits per heavy atom. The fourth-order valence-electron chi connectivity index (χ4n) is 1.71. The maximum atomic E-state index is 13.7. The van der Waals surface area contributed by atoms with Gasteiger partial charge in [0.05, 0.1) is 17.3 Å². The van der Waals surface area contributed by atoms with Gasteiger partial charge in [0.2, 0.25) is 0 Å². The summed E-state index contributed by atoms with van der Waals surface area (Å²) in [5.41, 5.74) is 0.706. The minimum Gasteiger partial charge on any atom is -0.478 e. The summed E-state index contributed by atoms with van der Waals surface area (Å²) in [4.78, 5) is 22.5. The summed E-state index contributed by atoms with van der Waals surface area (Å²) < 4.78 is 13.7. The number of thiophene rings is 1. The molecule has 2 aromatic rings. The van der Waals surface area contributed by atoms with Crippen LogP contribution in [0.25, 0.3) is 0 Å². The molecule has 3 N–H and O–H groups in total. The van der Waals surface area contributed by atoms with Gasteiger partial charge in [-0.3, -0.25) is 0 Å². The van der Waals surface area contributed by atoms with Crippen LogP contribution in [-0.2, 0) is 0 Å². The number of carboxylic acids is 1. The van der Waals surface area contributed by atoms with Crippen molar-refractivity contribution < 1.29 is 19.1 Å². The molecule has 0 spiro atoms. The summed E-state index contributed by atoms with van der Waals surface area (Å²) in [5, 5.41) is 17.6. The lowest BCUT2D eigenvalue weighted by Crippen LogP contribution is -2.31. The van der Waals surface area contributed by atoms with Crippen LogP contribution in [0.3, 0.4) is 0 Å². The predicted octanol–water partition coefficient (Wildman–Crippen LogP) is 3.47. The Morgan fingerprint density at radius 3 is 2.67 bits per heavy atom. The SMILES string of the molecule is CC(NC(=O)Nc1ccc(C(=O)O)cc1F)c1ccsc1. The molecule has 0 aliphatic heterocycles. The quantitative estimate of drug-likeness (QED) is 0.809. The fraction of sp³-hybridized carbons (Fsp3) is 0.143. The molecule has 1 aromatic heterocycles. The van der Waals surface area contributed by atoms with Crippen LogP contribution in [0.2, 0.25) is 0 Å². The molecule has 0 aliphatic rings. The Hall–Kier alpha value is -2.41. The van der Waals surface area contributed by atoms with Crippen LogP contribution in [-0.4, -0.2) is 17.1 Å². The van der Waals surface area contributed by atoms with Gasteiger partial charge in [0.15, 0.2) is 0 Å². The normalized spacial score (nSPS) is 11.7. The topological polar surface area (TPSA) is 78.4 Å². The molecule has 0 saturated heterocycles. The monoisotopic (exact) mass is 308 g/mol. The van der Waals surface area contributed by atoms with E-state index >= 15 is 0 Å². The van der Waals surface area contributed by atoms with E-state index in [0.29, 0.717) is 0 Å². The molecule has 21 heavy (non-hydrogen) atoms. The number of carbonyl (C=O) groups excluding carboxylic acids is 1. The highest BCUT2D eigenvalue weighted by Crippen LogP contribution is 2.18. The molecular weight excluding hydrogens is 295 g/mol. The molecule has 0 radical (unpaired) electrons. The van der Waals surface area contributed by atoms with Gasteiger partial charge in [-0.1, -0.05) is 0 Å². The summed E-state index contributed by atoms with van der Waals surface area (Å²) in [6, 6.07) is 4.42. The number of hydrogen-bond donors (Lipinski definition) is 3. The average Bonchev–Trinajstić information content (AvgIpc) is 2.94. The van der Waals surface area contributed by atoms with E-state index in [0.717, 1.165) is 11.6 Å². The smallest absolute Gasteiger partial charge is 0.335 e. The van der Waals surface area contributed by atoms with Crippen molar-refractivity contribution >= 4 is 29.0 Å². The predicted molar refractivity (Wildman–Crippen MR) is 78.2 cm³/mol. The highest BCUT2D eigenvalue weighted by molar-refractivity contribution is 7.07. The number of halogens is 1. The second-order valence-electron chi connectivity index (χ2n) is 4.38. The van der Waals surface area contributed by atoms with E-state index in [4.69, 9.17) is 5.11 Å². The molecule has 110 valence electrons. The van der Waals surface area contributed by atoms with Gasteiger partial charge in [-0.25, -0.2) is 14.0 Å². The molecule has 2 rings (SSSR count). The van der Waals surface area contributed by atoms with E-state index in [1.165, 1.54) is 23.5 Å². The fourth-order valence-corrected chi connectivity index (χ4v) is 2.46. The molecule has 2 amide bonds. The van der Waals surface area contributed by atoms with E-state index in [1.54, 1.807) is 0 Å². The van der Waals surface area contributed by atoms with Crippen molar-refractivity contribution in [3.05, 3.63) is 52.0 Å². The average molecular weight is 308 g/mol. The number of anilines is 1. The molecule has 0 saturated carbocycles. The highest BCUT2D eigenvalue weighted by atomic mass is 32.1. The van der Waals surface area contributed by atoms with E-state index in [2.05, 4.69) is 10.6 Å². The molecule has 1 heterocycles. The van der Waals surface area contributed by atoms with Crippen LogP contribution in [0.1, 0.15) is 28.9 Å². The molecule has 7 heteroatoms. The first-order valence-electron chi connectivity index (χ1n) is 6.10. The van der Waals surface area contributed by atoms with E-state index < -0.39 is 17.8 Å². The number of carboxylic acid groups (broad SMARTS) is 1. The van der Waals surface area contributed by atoms with Crippen molar-refractivity contribution in [2.75, 3.05) is 5.32 Å². The Morgan fingerprint density at radius 1 is 1.33 bits per heavy atom. The zero-order chi connectivity index (χ0) is 15.4. The summed E-state index contributed by atoms with van der Waals surface area (Å²) in [5.74, 6) is -2.02. The molecular formula is C14H13FN2O3S. The van der Waals surface area contributed by atoms with E-state index in [9.17, 15) is 14.0 Å². The molecule has 1 unspecified atom stereocenters. The number of hydrogen-bond acceptors (Lipinski definition) is 3. The Labute approximate surface area is 124 Å². The summed E-state index contributed by atoms with van der Waals surface area (Å²) in [6.45, 7) is 1.81. The zero-order valence-electron chi connectivity index (χ0n) is 11.1. The number of urea groups is 1. The number of amides is 2. The number of rotatable bonds is 4. The Kier molecular flexibility index (Phi) is 4.54. The lowest BCUT2D eigenvalue weighted by Gasteiger charge is -2.14. The van der Waals surface area contributed by atoms with Crippen molar-refractivity contribution in [1.29, 1.82) is 0 Å². The first-order valence-corrected chi connectivity index (χ1v) is 7.04. The standard InChI is InChI=1S/C14H13FN2O3S/c1-8(10-4-5-21-7-10)16-14(20)17-12-3-2-9(13(18)19)6-11(12)15/h2-8H,1H3,(H,18,19)(H2,16,17,20). The second kappa shape index (κ2) is 6.36. The van der Waals surface area contributed by atoms with Crippen LogP contribution in [0, 0.1) is 5.82 Å². The number of aromatic carboxylic acids is 1. The molecule has 0 fully saturated rings. The lowest BCUT2D eigenvalue weighted by molar-refractivity contribution is 0.0696. The maximum absolute atomic E-state index is 13.7. The molecule has 0 aliphatic carbocycles. The molecule has 5 nitrogen and oxygen atoms in total. The van der Waals surface area contributed by atoms with Gasteiger partial charge in [0.25, 0.3) is 0 Å². The largest absolute Gasteiger partial charge is 0.478 e. The zero-order valence-corrected chi connectivity index (χ0v) is 11.9. The van der Waals surface area contributed by atoms with Gasteiger partial charge in [-0.15, -0.1) is 0 Å².